The highest BCUT2D eigenvalue weighted by molar-refractivity contribution is 8.13. The number of halogens is 2. The first kappa shape index (κ1) is 11.3. The van der Waals surface area contributed by atoms with E-state index in [4.69, 9.17) is 27.5 Å². The van der Waals surface area contributed by atoms with Crippen LogP contribution in [0.15, 0.2) is 17.0 Å². The molecule has 1 rings (SSSR count). The predicted molar refractivity (Wildman–Crippen MR) is 53.9 cm³/mol. The Morgan fingerprint density at radius 3 is 2.43 bits per heavy atom. The highest BCUT2D eigenvalue weighted by atomic mass is 35.7. The Morgan fingerprint density at radius 1 is 1.43 bits per heavy atom. The third-order valence-corrected chi connectivity index (χ3v) is 3.53. The van der Waals surface area contributed by atoms with Crippen molar-refractivity contribution in [2.45, 2.75) is 11.8 Å². The van der Waals surface area contributed by atoms with Crippen molar-refractivity contribution >= 4 is 31.3 Å². The zero-order valence-corrected chi connectivity index (χ0v) is 9.41. The molecule has 0 unspecified atom stereocenters. The summed E-state index contributed by atoms with van der Waals surface area (Å²) >= 11 is 5.73. The minimum atomic E-state index is -3.85. The fourth-order valence-corrected chi connectivity index (χ4v) is 2.47. The molecule has 74 valence electrons. The molecule has 3 nitrogen and oxygen atoms in total. The van der Waals surface area contributed by atoms with Gasteiger partial charge in [-0.05, 0) is 24.6 Å². The van der Waals surface area contributed by atoms with Crippen LogP contribution in [0.25, 0.3) is 0 Å². The topological polar surface area (TPSA) is 57.9 Å². The summed E-state index contributed by atoms with van der Waals surface area (Å²) in [5.41, 5.74) is 0.514. The van der Waals surface area contributed by atoms with Crippen molar-refractivity contribution < 1.29 is 8.42 Å². The molecule has 14 heavy (non-hydrogen) atoms. The summed E-state index contributed by atoms with van der Waals surface area (Å²) in [5, 5.41) is 8.81. The molecule has 0 amide bonds. The molecule has 0 aromatic heterocycles. The monoisotopic (exact) mass is 249 g/mol. The van der Waals surface area contributed by atoms with Crippen molar-refractivity contribution in [2.24, 2.45) is 0 Å². The molecule has 0 saturated carbocycles. The lowest BCUT2D eigenvalue weighted by atomic mass is 10.2. The van der Waals surface area contributed by atoms with Gasteiger partial charge in [0.2, 0.25) is 0 Å². The fraction of sp³-hybridized carbons (Fsp3) is 0.125. The lowest BCUT2D eigenvalue weighted by Gasteiger charge is -2.04. The van der Waals surface area contributed by atoms with Crippen molar-refractivity contribution in [3.8, 4) is 6.07 Å². The van der Waals surface area contributed by atoms with E-state index in [2.05, 4.69) is 0 Å². The Morgan fingerprint density at radius 2 is 2.00 bits per heavy atom. The average Bonchev–Trinajstić information content (AvgIpc) is 2.07. The average molecular weight is 250 g/mol. The summed E-state index contributed by atoms with van der Waals surface area (Å²) in [5.74, 6) is 0. The maximum atomic E-state index is 11.1. The van der Waals surface area contributed by atoms with Gasteiger partial charge in [0.1, 0.15) is 0 Å². The zero-order valence-electron chi connectivity index (χ0n) is 7.08. The van der Waals surface area contributed by atoms with E-state index in [1.165, 1.54) is 19.1 Å². The maximum absolute atomic E-state index is 11.1. The molecule has 0 atom stereocenters. The van der Waals surface area contributed by atoms with Gasteiger partial charge in [-0.25, -0.2) is 8.42 Å². The van der Waals surface area contributed by atoms with Crippen LogP contribution in [0.2, 0.25) is 5.02 Å². The molecule has 6 heteroatoms. The van der Waals surface area contributed by atoms with Crippen LogP contribution in [0, 0.1) is 18.3 Å². The van der Waals surface area contributed by atoms with Crippen molar-refractivity contribution in [3.63, 3.8) is 0 Å². The second-order valence-electron chi connectivity index (χ2n) is 2.63. The number of rotatable bonds is 1. The largest absolute Gasteiger partial charge is 0.261 e. The molecular weight excluding hydrogens is 245 g/mol. The van der Waals surface area contributed by atoms with Gasteiger partial charge in [-0.2, -0.15) is 5.26 Å². The standard InChI is InChI=1S/C8H5Cl2NO2S/c1-5-7(9)2-6(4-11)3-8(5)14(10,12)13/h2-3H,1H3. The molecule has 0 aliphatic rings. The summed E-state index contributed by atoms with van der Waals surface area (Å²) in [6.45, 7) is 1.53. The molecule has 0 fully saturated rings. The molecule has 0 bridgehead atoms. The van der Waals surface area contributed by atoms with Crippen LogP contribution < -0.4 is 0 Å². The highest BCUT2D eigenvalue weighted by Gasteiger charge is 2.16. The van der Waals surface area contributed by atoms with Crippen LogP contribution in [0.4, 0.5) is 0 Å². The molecule has 0 heterocycles. The molecule has 0 saturated heterocycles. The minimum Gasteiger partial charge on any atom is -0.207 e. The predicted octanol–water partition coefficient (Wildman–Crippen LogP) is 2.45. The summed E-state index contributed by atoms with van der Waals surface area (Å²) in [6, 6.07) is 4.39. The van der Waals surface area contributed by atoms with Crippen LogP contribution in [0.1, 0.15) is 11.1 Å². The second kappa shape index (κ2) is 3.77. The van der Waals surface area contributed by atoms with E-state index in [0.29, 0.717) is 5.56 Å². The number of nitrogens with zero attached hydrogens (tertiary/aromatic N) is 1. The molecule has 1 aromatic carbocycles. The van der Waals surface area contributed by atoms with Crippen LogP contribution in [-0.4, -0.2) is 8.42 Å². The zero-order chi connectivity index (χ0) is 10.9. The smallest absolute Gasteiger partial charge is 0.207 e. The van der Waals surface area contributed by atoms with Gasteiger partial charge in [-0.3, -0.25) is 0 Å². The van der Waals surface area contributed by atoms with E-state index in [0.717, 1.165) is 0 Å². The Bertz CT molecular complexity index is 517. The van der Waals surface area contributed by atoms with Gasteiger partial charge in [0.15, 0.2) is 0 Å². The normalized spacial score (nSPS) is 11.0. The third-order valence-electron chi connectivity index (χ3n) is 1.69. The van der Waals surface area contributed by atoms with Crippen molar-refractivity contribution in [2.75, 3.05) is 0 Å². The number of hydrogen-bond acceptors (Lipinski definition) is 3. The molecular formula is C8H5Cl2NO2S. The van der Waals surface area contributed by atoms with Gasteiger partial charge in [-0.15, -0.1) is 0 Å². The van der Waals surface area contributed by atoms with E-state index in [1.807, 2.05) is 0 Å². The van der Waals surface area contributed by atoms with Crippen LogP contribution >= 0.6 is 22.3 Å². The van der Waals surface area contributed by atoms with Gasteiger partial charge in [-0.1, -0.05) is 11.6 Å². The van der Waals surface area contributed by atoms with E-state index in [1.54, 1.807) is 6.07 Å². The Labute approximate surface area is 91.3 Å². The molecule has 0 aliphatic heterocycles. The maximum Gasteiger partial charge on any atom is 0.261 e. The van der Waals surface area contributed by atoms with Gasteiger partial charge < -0.3 is 0 Å². The van der Waals surface area contributed by atoms with E-state index in [9.17, 15) is 8.42 Å². The van der Waals surface area contributed by atoms with Gasteiger partial charge in [0, 0.05) is 15.7 Å². The summed E-state index contributed by atoms with van der Waals surface area (Å²) in [4.78, 5) is -0.122. The molecule has 1 aromatic rings. The first-order chi connectivity index (χ1) is 6.36. The molecule has 0 aliphatic carbocycles. The Hall–Kier alpha value is -0.760. The van der Waals surface area contributed by atoms with Gasteiger partial charge in [0.05, 0.1) is 16.5 Å². The lowest BCUT2D eigenvalue weighted by molar-refractivity contribution is 0.609. The molecule has 0 N–H and O–H groups in total. The van der Waals surface area contributed by atoms with Crippen molar-refractivity contribution in [1.82, 2.24) is 0 Å². The van der Waals surface area contributed by atoms with E-state index >= 15 is 0 Å². The second-order valence-corrected chi connectivity index (χ2v) is 5.57. The molecule has 0 radical (unpaired) electrons. The number of nitriles is 1. The van der Waals surface area contributed by atoms with Crippen LogP contribution in [-0.2, 0) is 9.05 Å². The number of benzene rings is 1. The summed E-state index contributed by atoms with van der Waals surface area (Å²) < 4.78 is 22.1. The van der Waals surface area contributed by atoms with E-state index < -0.39 is 9.05 Å². The van der Waals surface area contributed by atoms with Crippen LogP contribution in [0.5, 0.6) is 0 Å². The Kier molecular flexibility index (Phi) is 3.05. The third kappa shape index (κ3) is 2.18. The molecule has 0 spiro atoms. The van der Waals surface area contributed by atoms with Crippen LogP contribution in [0.3, 0.4) is 0 Å². The fourth-order valence-electron chi connectivity index (χ4n) is 0.971. The highest BCUT2D eigenvalue weighted by Crippen LogP contribution is 2.27. The summed E-state index contributed by atoms with van der Waals surface area (Å²) in [7, 11) is 1.32. The lowest BCUT2D eigenvalue weighted by Crippen LogP contribution is -1.96. The quantitative estimate of drug-likeness (QED) is 0.719. The SMILES string of the molecule is Cc1c(Cl)cc(C#N)cc1S(=O)(=O)Cl. The Balaban J connectivity index is 3.61. The van der Waals surface area contributed by atoms with Gasteiger partial charge >= 0.3 is 0 Å². The summed E-state index contributed by atoms with van der Waals surface area (Å²) in [6.07, 6.45) is 0. The van der Waals surface area contributed by atoms with Crippen molar-refractivity contribution in [3.05, 3.63) is 28.3 Å². The minimum absolute atomic E-state index is 0.122. The first-order valence-corrected chi connectivity index (χ1v) is 6.20. The van der Waals surface area contributed by atoms with E-state index in [-0.39, 0.29) is 15.5 Å². The van der Waals surface area contributed by atoms with Crippen molar-refractivity contribution in [1.29, 1.82) is 5.26 Å². The van der Waals surface area contributed by atoms with Gasteiger partial charge in [0.25, 0.3) is 9.05 Å². The number of hydrogen-bond donors (Lipinski definition) is 0. The first-order valence-electron chi connectivity index (χ1n) is 3.51.